The van der Waals surface area contributed by atoms with E-state index in [1.54, 1.807) is 4.68 Å². The van der Waals surface area contributed by atoms with Gasteiger partial charge in [0, 0.05) is 5.70 Å². The van der Waals surface area contributed by atoms with E-state index in [1.807, 2.05) is 87.5 Å². The van der Waals surface area contributed by atoms with Crippen LogP contribution in [0.2, 0.25) is 0 Å². The number of aryl methyl sites for hydroxylation is 1. The van der Waals surface area contributed by atoms with Gasteiger partial charge in [0.25, 0.3) is 0 Å². The molecule has 0 amide bonds. The smallest absolute Gasteiger partial charge is 0.338 e. The minimum atomic E-state index is -0.652. The van der Waals surface area contributed by atoms with Crippen LogP contribution in [0.3, 0.4) is 0 Å². The lowest BCUT2D eigenvalue weighted by Crippen LogP contribution is -2.29. The van der Waals surface area contributed by atoms with Gasteiger partial charge in [0.2, 0.25) is 5.95 Å². The Morgan fingerprint density at radius 3 is 2.49 bits per heavy atom. The zero-order valence-electron chi connectivity index (χ0n) is 21.8. The third kappa shape index (κ3) is 5.80. The van der Waals surface area contributed by atoms with Gasteiger partial charge in [-0.05, 0) is 76.0 Å². The first-order valence-corrected chi connectivity index (χ1v) is 13.3. The van der Waals surface area contributed by atoms with Crippen molar-refractivity contribution in [2.75, 3.05) is 11.9 Å². The molecule has 9 nitrogen and oxygen atoms in total. The monoisotopic (exact) mass is 589 g/mol. The first-order valence-electron chi connectivity index (χ1n) is 12.6. The first kappa shape index (κ1) is 26.4. The summed E-state index contributed by atoms with van der Waals surface area (Å²) in [6, 6.07) is 20.8. The highest BCUT2D eigenvalue weighted by Gasteiger charge is 2.36. The number of fused-ring (bicyclic) bond motifs is 1. The molecule has 39 heavy (non-hydrogen) atoms. The predicted molar refractivity (Wildman–Crippen MR) is 149 cm³/mol. The number of rotatable bonds is 9. The van der Waals surface area contributed by atoms with Crippen molar-refractivity contribution < 1.29 is 19.0 Å². The minimum absolute atomic E-state index is 0.144. The largest absolute Gasteiger partial charge is 0.490 e. The highest BCUT2D eigenvalue weighted by Crippen LogP contribution is 2.43. The van der Waals surface area contributed by atoms with Gasteiger partial charge >= 0.3 is 5.97 Å². The SMILES string of the molecule is CCOc1cc(C2C(C(=O)OCc3ccccc3)=C(C)Nc3nnnn32)cc(Br)c1OCc1ccc(C)cc1. The fourth-order valence-electron chi connectivity index (χ4n) is 4.37. The number of aromatic nitrogens is 4. The van der Waals surface area contributed by atoms with Crippen LogP contribution in [0, 0.1) is 6.92 Å². The second kappa shape index (κ2) is 11.7. The van der Waals surface area contributed by atoms with Gasteiger partial charge in [-0.3, -0.25) is 0 Å². The number of tetrazole rings is 1. The molecule has 0 fully saturated rings. The van der Waals surface area contributed by atoms with Crippen molar-refractivity contribution in [1.29, 1.82) is 0 Å². The van der Waals surface area contributed by atoms with E-state index in [1.165, 1.54) is 5.56 Å². The van der Waals surface area contributed by atoms with Gasteiger partial charge in [0.15, 0.2) is 11.5 Å². The fourth-order valence-corrected chi connectivity index (χ4v) is 4.95. The predicted octanol–water partition coefficient (Wildman–Crippen LogP) is 5.75. The molecule has 200 valence electrons. The Labute approximate surface area is 234 Å². The van der Waals surface area contributed by atoms with Crippen molar-refractivity contribution in [3.8, 4) is 11.5 Å². The van der Waals surface area contributed by atoms with Crippen molar-refractivity contribution in [1.82, 2.24) is 20.2 Å². The molecule has 10 heteroatoms. The molecule has 0 saturated carbocycles. The highest BCUT2D eigenvalue weighted by atomic mass is 79.9. The summed E-state index contributed by atoms with van der Waals surface area (Å²) in [6.45, 7) is 6.71. The van der Waals surface area contributed by atoms with Crippen molar-refractivity contribution in [3.63, 3.8) is 0 Å². The van der Waals surface area contributed by atoms with Crippen LogP contribution in [-0.4, -0.2) is 32.8 Å². The molecular formula is C29H28BrN5O4. The maximum atomic E-state index is 13.5. The van der Waals surface area contributed by atoms with E-state index < -0.39 is 12.0 Å². The Kier molecular flexibility index (Phi) is 7.92. The summed E-state index contributed by atoms with van der Waals surface area (Å²) >= 11 is 3.67. The van der Waals surface area contributed by atoms with Crippen LogP contribution >= 0.6 is 15.9 Å². The molecule has 0 bridgehead atoms. The van der Waals surface area contributed by atoms with Crippen LogP contribution < -0.4 is 14.8 Å². The molecule has 5 rings (SSSR count). The van der Waals surface area contributed by atoms with Gasteiger partial charge in [0.05, 0.1) is 16.7 Å². The Bertz CT molecular complexity index is 1500. The molecule has 3 aromatic carbocycles. The summed E-state index contributed by atoms with van der Waals surface area (Å²) in [4.78, 5) is 13.5. The molecule has 0 spiro atoms. The lowest BCUT2D eigenvalue weighted by Gasteiger charge is -2.28. The lowest BCUT2D eigenvalue weighted by atomic mass is 9.95. The van der Waals surface area contributed by atoms with Crippen LogP contribution in [0.5, 0.6) is 11.5 Å². The number of hydrogen-bond acceptors (Lipinski definition) is 8. The number of nitrogens with zero attached hydrogens (tertiary/aromatic N) is 4. The maximum Gasteiger partial charge on any atom is 0.338 e. The summed E-state index contributed by atoms with van der Waals surface area (Å²) in [7, 11) is 0. The zero-order chi connectivity index (χ0) is 27.4. The quantitative estimate of drug-likeness (QED) is 0.246. The van der Waals surface area contributed by atoms with Gasteiger partial charge in [-0.2, -0.15) is 4.68 Å². The van der Waals surface area contributed by atoms with Crippen LogP contribution in [0.15, 0.2) is 82.5 Å². The van der Waals surface area contributed by atoms with E-state index >= 15 is 0 Å². The molecule has 1 N–H and O–H groups in total. The van der Waals surface area contributed by atoms with Crippen molar-refractivity contribution in [2.45, 2.75) is 40.0 Å². The van der Waals surface area contributed by atoms with Crippen molar-refractivity contribution >= 4 is 27.8 Å². The maximum absolute atomic E-state index is 13.5. The molecule has 2 heterocycles. The summed E-state index contributed by atoms with van der Waals surface area (Å²) in [5.74, 6) is 1.06. The van der Waals surface area contributed by atoms with Gasteiger partial charge in [-0.15, -0.1) is 0 Å². The molecule has 1 aliphatic heterocycles. The number of carbonyl (C=O) groups is 1. The van der Waals surface area contributed by atoms with E-state index in [0.717, 1.165) is 16.7 Å². The third-order valence-corrected chi connectivity index (χ3v) is 6.89. The standard InChI is InChI=1S/C29H28BrN5O4/c1-4-37-24-15-22(14-23(30)27(24)38-16-21-12-10-18(2)11-13-21)26-25(19(3)31-29-32-33-34-35(26)29)28(36)39-17-20-8-6-5-7-9-20/h5-15,26H,4,16-17H2,1-3H3,(H,31,32,34). The molecule has 0 aliphatic carbocycles. The number of ether oxygens (including phenoxy) is 3. The number of anilines is 1. The van der Waals surface area contributed by atoms with Gasteiger partial charge in [-0.1, -0.05) is 65.3 Å². The van der Waals surface area contributed by atoms with Crippen LogP contribution in [0.25, 0.3) is 0 Å². The minimum Gasteiger partial charge on any atom is -0.490 e. The topological polar surface area (TPSA) is 100 Å². The van der Waals surface area contributed by atoms with Crippen LogP contribution in [0.4, 0.5) is 5.95 Å². The van der Waals surface area contributed by atoms with Crippen molar-refractivity contribution in [2.24, 2.45) is 0 Å². The Hall–Kier alpha value is -4.18. The Morgan fingerprint density at radius 2 is 1.74 bits per heavy atom. The summed E-state index contributed by atoms with van der Waals surface area (Å²) < 4.78 is 20.1. The van der Waals surface area contributed by atoms with Crippen LogP contribution in [-0.2, 0) is 22.7 Å². The Morgan fingerprint density at radius 1 is 1.00 bits per heavy atom. The fraction of sp³-hybridized carbons (Fsp3) is 0.241. The molecule has 4 aromatic rings. The molecule has 1 aliphatic rings. The summed E-state index contributed by atoms with van der Waals surface area (Å²) in [6.07, 6.45) is 0. The first-order chi connectivity index (χ1) is 18.9. The van der Waals surface area contributed by atoms with Gasteiger partial charge in [-0.25, -0.2) is 4.79 Å². The van der Waals surface area contributed by atoms with E-state index in [9.17, 15) is 4.79 Å². The number of halogens is 1. The number of carbonyl (C=O) groups excluding carboxylic acids is 1. The molecular weight excluding hydrogens is 562 g/mol. The van der Waals surface area contributed by atoms with E-state index in [2.05, 4.69) is 36.8 Å². The number of esters is 1. The third-order valence-electron chi connectivity index (χ3n) is 6.30. The van der Waals surface area contributed by atoms with E-state index in [0.29, 0.717) is 46.4 Å². The van der Waals surface area contributed by atoms with Gasteiger partial charge in [0.1, 0.15) is 19.3 Å². The second-order valence-electron chi connectivity index (χ2n) is 9.11. The molecule has 1 atom stereocenters. The molecule has 1 unspecified atom stereocenters. The van der Waals surface area contributed by atoms with Crippen molar-refractivity contribution in [3.05, 3.63) is 105 Å². The van der Waals surface area contributed by atoms with E-state index in [-0.39, 0.29) is 6.61 Å². The van der Waals surface area contributed by atoms with E-state index in [4.69, 9.17) is 14.2 Å². The molecule has 0 radical (unpaired) electrons. The Balaban J connectivity index is 1.48. The summed E-state index contributed by atoms with van der Waals surface area (Å²) in [5, 5.41) is 15.2. The average molecular weight is 590 g/mol. The average Bonchev–Trinajstić information content (AvgIpc) is 3.40. The molecule has 0 saturated heterocycles. The number of nitrogens with one attached hydrogen (secondary N) is 1. The lowest BCUT2D eigenvalue weighted by molar-refractivity contribution is -0.140. The zero-order valence-corrected chi connectivity index (χ0v) is 23.4. The summed E-state index contributed by atoms with van der Waals surface area (Å²) in [5.41, 5.74) is 4.85. The normalized spacial score (nSPS) is 14.4. The highest BCUT2D eigenvalue weighted by molar-refractivity contribution is 9.10. The molecule has 1 aromatic heterocycles. The number of allylic oxidation sites excluding steroid dienone is 1. The van der Waals surface area contributed by atoms with Crippen LogP contribution in [0.1, 0.15) is 42.1 Å². The number of hydrogen-bond donors (Lipinski definition) is 1. The number of benzene rings is 3. The second-order valence-corrected chi connectivity index (χ2v) is 9.97. The van der Waals surface area contributed by atoms with Gasteiger partial charge < -0.3 is 19.5 Å².